The Hall–Kier alpha value is -1.45. The molecule has 1 aromatic rings. The van der Waals surface area contributed by atoms with Crippen LogP contribution in [0.1, 0.15) is 17.3 Å². The maximum absolute atomic E-state index is 11.4. The van der Waals surface area contributed by atoms with Gasteiger partial charge < -0.3 is 9.47 Å². The molecule has 0 unspecified atom stereocenters. The van der Waals surface area contributed by atoms with Gasteiger partial charge in [-0.1, -0.05) is 0 Å². The van der Waals surface area contributed by atoms with Gasteiger partial charge in [0.2, 0.25) is 0 Å². The Kier molecular flexibility index (Phi) is 6.62. The third-order valence-electron chi connectivity index (χ3n) is 2.13. The van der Waals surface area contributed by atoms with E-state index in [1.807, 2.05) is 0 Å². The van der Waals surface area contributed by atoms with Gasteiger partial charge in [-0.2, -0.15) is 13.5 Å². The van der Waals surface area contributed by atoms with E-state index in [4.69, 9.17) is 9.47 Å². The molecule has 1 rings (SSSR count). The van der Waals surface area contributed by atoms with E-state index in [0.29, 0.717) is 25.3 Å². The number of nitrogens with zero attached hydrogens (tertiary/aromatic N) is 2. The van der Waals surface area contributed by atoms with Crippen LogP contribution in [-0.2, 0) is 30.3 Å². The average molecular weight is 306 g/mol. The second-order valence-corrected chi connectivity index (χ2v) is 5.49. The zero-order chi connectivity index (χ0) is 15.0. The van der Waals surface area contributed by atoms with Crippen molar-refractivity contribution in [3.8, 4) is 0 Å². The quantitative estimate of drug-likeness (QED) is 0.361. The van der Waals surface area contributed by atoms with Crippen molar-refractivity contribution in [2.45, 2.75) is 13.5 Å². The first kappa shape index (κ1) is 16.6. The highest BCUT2D eigenvalue weighted by molar-refractivity contribution is 7.85. The van der Waals surface area contributed by atoms with E-state index in [9.17, 15) is 13.2 Å². The summed E-state index contributed by atoms with van der Waals surface area (Å²) in [6.45, 7) is 2.96. The predicted octanol–water partition coefficient (Wildman–Crippen LogP) is 0.0526. The SMILES string of the molecule is CCOC(=O)c1cnn(CCOCCOS(C)(=O)=O)c1. The Morgan fingerprint density at radius 3 is 2.75 bits per heavy atom. The number of hydrogen-bond acceptors (Lipinski definition) is 7. The molecule has 0 spiro atoms. The number of aromatic nitrogens is 2. The van der Waals surface area contributed by atoms with Crippen molar-refractivity contribution in [3.63, 3.8) is 0 Å². The number of rotatable bonds is 9. The van der Waals surface area contributed by atoms with Gasteiger partial charge in [-0.15, -0.1) is 0 Å². The summed E-state index contributed by atoms with van der Waals surface area (Å²) in [6.07, 6.45) is 3.97. The zero-order valence-electron chi connectivity index (χ0n) is 11.4. The molecule has 0 aliphatic carbocycles. The molecular weight excluding hydrogens is 288 g/mol. The Bertz CT molecular complexity index is 525. The van der Waals surface area contributed by atoms with Crippen LogP contribution in [0.25, 0.3) is 0 Å². The lowest BCUT2D eigenvalue weighted by Crippen LogP contribution is -2.12. The first-order valence-electron chi connectivity index (χ1n) is 6.04. The number of ether oxygens (including phenoxy) is 2. The third-order valence-corrected chi connectivity index (χ3v) is 2.73. The highest BCUT2D eigenvalue weighted by atomic mass is 32.2. The van der Waals surface area contributed by atoms with E-state index in [2.05, 4.69) is 9.28 Å². The van der Waals surface area contributed by atoms with Crippen LogP contribution in [0.5, 0.6) is 0 Å². The Balaban J connectivity index is 2.21. The van der Waals surface area contributed by atoms with Gasteiger partial charge in [-0.25, -0.2) is 4.79 Å². The lowest BCUT2D eigenvalue weighted by atomic mass is 10.4. The number of carbonyl (C=O) groups is 1. The summed E-state index contributed by atoms with van der Waals surface area (Å²) in [5.74, 6) is -0.416. The molecule has 0 aliphatic heterocycles. The molecule has 1 heterocycles. The van der Waals surface area contributed by atoms with Crippen LogP contribution in [0, 0.1) is 0 Å². The van der Waals surface area contributed by atoms with Crippen LogP contribution in [-0.4, -0.2) is 56.9 Å². The lowest BCUT2D eigenvalue weighted by molar-refractivity contribution is 0.0526. The highest BCUT2D eigenvalue weighted by Crippen LogP contribution is 2.00. The van der Waals surface area contributed by atoms with Crippen molar-refractivity contribution < 1.29 is 26.9 Å². The molecule has 0 N–H and O–H groups in total. The third kappa shape index (κ3) is 6.64. The van der Waals surface area contributed by atoms with E-state index in [0.717, 1.165) is 6.26 Å². The summed E-state index contributed by atoms with van der Waals surface area (Å²) in [5.41, 5.74) is 0.382. The summed E-state index contributed by atoms with van der Waals surface area (Å²) in [7, 11) is -3.42. The number of hydrogen-bond donors (Lipinski definition) is 0. The molecule has 114 valence electrons. The molecule has 0 aromatic carbocycles. The molecule has 0 saturated heterocycles. The fraction of sp³-hybridized carbons (Fsp3) is 0.636. The summed E-state index contributed by atoms with van der Waals surface area (Å²) in [6, 6.07) is 0. The summed E-state index contributed by atoms with van der Waals surface area (Å²) < 4.78 is 37.4. The van der Waals surface area contributed by atoms with Gasteiger partial charge in [-0.05, 0) is 6.92 Å². The van der Waals surface area contributed by atoms with Crippen LogP contribution in [0.4, 0.5) is 0 Å². The van der Waals surface area contributed by atoms with Crippen molar-refractivity contribution in [1.29, 1.82) is 0 Å². The molecule has 0 atom stereocenters. The van der Waals surface area contributed by atoms with Crippen molar-refractivity contribution in [2.75, 3.05) is 32.7 Å². The highest BCUT2D eigenvalue weighted by Gasteiger charge is 2.08. The summed E-state index contributed by atoms with van der Waals surface area (Å²) in [5, 5.41) is 3.99. The fourth-order valence-corrected chi connectivity index (χ4v) is 1.68. The minimum Gasteiger partial charge on any atom is -0.462 e. The molecule has 1 aromatic heterocycles. The summed E-state index contributed by atoms with van der Waals surface area (Å²) >= 11 is 0. The first-order valence-corrected chi connectivity index (χ1v) is 7.85. The average Bonchev–Trinajstić information content (AvgIpc) is 2.81. The predicted molar refractivity (Wildman–Crippen MR) is 69.8 cm³/mol. The fourth-order valence-electron chi connectivity index (χ4n) is 1.31. The lowest BCUT2D eigenvalue weighted by Gasteiger charge is -2.04. The van der Waals surface area contributed by atoms with Crippen LogP contribution in [0.3, 0.4) is 0 Å². The zero-order valence-corrected chi connectivity index (χ0v) is 12.3. The number of esters is 1. The van der Waals surface area contributed by atoms with Gasteiger partial charge in [0, 0.05) is 6.20 Å². The minimum atomic E-state index is -3.42. The van der Waals surface area contributed by atoms with E-state index in [1.54, 1.807) is 17.8 Å². The van der Waals surface area contributed by atoms with Gasteiger partial charge in [-0.3, -0.25) is 8.86 Å². The van der Waals surface area contributed by atoms with Crippen LogP contribution < -0.4 is 0 Å². The van der Waals surface area contributed by atoms with Crippen molar-refractivity contribution in [1.82, 2.24) is 9.78 Å². The van der Waals surface area contributed by atoms with Gasteiger partial charge in [0.15, 0.2) is 0 Å². The standard InChI is InChI=1S/C11H18N2O6S/c1-3-18-11(14)10-8-12-13(9-10)4-5-17-6-7-19-20(2,15)16/h8-9H,3-7H2,1-2H3. The van der Waals surface area contributed by atoms with Gasteiger partial charge in [0.1, 0.15) is 0 Å². The normalized spacial score (nSPS) is 11.5. The van der Waals surface area contributed by atoms with Crippen LogP contribution >= 0.6 is 0 Å². The van der Waals surface area contributed by atoms with E-state index >= 15 is 0 Å². The molecule has 9 heteroatoms. The minimum absolute atomic E-state index is 0.0218. The summed E-state index contributed by atoms with van der Waals surface area (Å²) in [4.78, 5) is 11.4. The van der Waals surface area contributed by atoms with Crippen molar-refractivity contribution in [2.24, 2.45) is 0 Å². The molecule has 0 radical (unpaired) electrons. The molecule has 0 amide bonds. The largest absolute Gasteiger partial charge is 0.462 e. The van der Waals surface area contributed by atoms with E-state index in [-0.39, 0.29) is 13.2 Å². The van der Waals surface area contributed by atoms with Crippen LogP contribution in [0.15, 0.2) is 12.4 Å². The monoisotopic (exact) mass is 306 g/mol. The van der Waals surface area contributed by atoms with Gasteiger partial charge in [0.05, 0.1) is 51.0 Å². The molecule has 8 nitrogen and oxygen atoms in total. The molecule has 0 bridgehead atoms. The van der Waals surface area contributed by atoms with E-state index < -0.39 is 16.1 Å². The maximum atomic E-state index is 11.4. The second-order valence-electron chi connectivity index (χ2n) is 3.85. The first-order chi connectivity index (χ1) is 9.42. The molecule has 0 aliphatic rings. The Labute approximate surface area is 117 Å². The maximum Gasteiger partial charge on any atom is 0.341 e. The van der Waals surface area contributed by atoms with E-state index in [1.165, 1.54) is 6.20 Å². The van der Waals surface area contributed by atoms with Crippen molar-refractivity contribution >= 4 is 16.1 Å². The van der Waals surface area contributed by atoms with Crippen molar-refractivity contribution in [3.05, 3.63) is 18.0 Å². The number of carbonyl (C=O) groups excluding carboxylic acids is 1. The molecule has 0 fully saturated rings. The van der Waals surface area contributed by atoms with Gasteiger partial charge >= 0.3 is 5.97 Å². The Morgan fingerprint density at radius 1 is 1.35 bits per heavy atom. The smallest absolute Gasteiger partial charge is 0.341 e. The topological polar surface area (TPSA) is 96.7 Å². The Morgan fingerprint density at radius 2 is 2.10 bits per heavy atom. The van der Waals surface area contributed by atoms with Crippen LogP contribution in [0.2, 0.25) is 0 Å². The van der Waals surface area contributed by atoms with Gasteiger partial charge in [0.25, 0.3) is 10.1 Å². The molecular formula is C11H18N2O6S. The second kappa shape index (κ2) is 7.98. The molecule has 20 heavy (non-hydrogen) atoms. The molecule has 0 saturated carbocycles.